The fourth-order valence-electron chi connectivity index (χ4n) is 4.11. The van der Waals surface area contributed by atoms with E-state index < -0.39 is 16.3 Å². The van der Waals surface area contributed by atoms with Crippen LogP contribution in [0.15, 0.2) is 0 Å². The number of hydrogen-bond donors (Lipinski definition) is 0. The van der Waals surface area contributed by atoms with Crippen molar-refractivity contribution in [3.05, 3.63) is 0 Å². The fourth-order valence-corrected chi connectivity index (χ4v) is 20.0. The van der Waals surface area contributed by atoms with Gasteiger partial charge in [-0.3, -0.25) is 0 Å². The van der Waals surface area contributed by atoms with Gasteiger partial charge in [0.05, 0.1) is 8.07 Å². The average molecular weight is 350 g/mol. The molecule has 0 aliphatic heterocycles. The molecule has 2 unspecified atom stereocenters. The van der Waals surface area contributed by atoms with Gasteiger partial charge in [-0.2, -0.15) is 0 Å². The van der Waals surface area contributed by atoms with Crippen LogP contribution in [0.5, 0.6) is 0 Å². The highest BCUT2D eigenvalue weighted by Crippen LogP contribution is 2.58. The van der Waals surface area contributed by atoms with Gasteiger partial charge < -0.3 is 4.57 Å². The minimum absolute atomic E-state index is 0.403. The van der Waals surface area contributed by atoms with E-state index >= 15 is 0 Å². The Balaban J connectivity index is 5.87. The molecule has 0 spiro atoms. The highest BCUT2D eigenvalue weighted by atomic mass is 35.5. The predicted molar refractivity (Wildman–Crippen MR) is 106 cm³/mol. The van der Waals surface area contributed by atoms with E-state index in [4.69, 9.17) is 11.6 Å². The highest BCUT2D eigenvalue weighted by molar-refractivity contribution is 6.99. The van der Waals surface area contributed by atoms with Crippen LogP contribution in [0, 0.1) is 0 Å². The molecule has 4 heteroatoms. The van der Waals surface area contributed by atoms with Gasteiger partial charge in [-0.05, 0) is 29.2 Å². The van der Waals surface area contributed by atoms with Crippen molar-refractivity contribution in [1.29, 1.82) is 0 Å². The highest BCUT2D eigenvalue weighted by Gasteiger charge is 2.57. The third-order valence-electron chi connectivity index (χ3n) is 6.84. The second-order valence-electron chi connectivity index (χ2n) is 9.69. The molecule has 0 radical (unpaired) electrons. The molecular weight excluding hydrogens is 310 g/mol. The molecule has 0 amide bonds. The third kappa shape index (κ3) is 3.96. The molecule has 0 fully saturated rings. The Hall–Kier alpha value is 0.684. The van der Waals surface area contributed by atoms with Crippen LogP contribution >= 0.6 is 11.6 Å². The Morgan fingerprint density at radius 3 is 1.48 bits per heavy atom. The van der Waals surface area contributed by atoms with E-state index in [1.807, 2.05) is 0 Å². The van der Waals surface area contributed by atoms with Crippen molar-refractivity contribution in [3.8, 4) is 0 Å². The zero-order valence-corrected chi connectivity index (χ0v) is 19.4. The summed E-state index contributed by atoms with van der Waals surface area (Å²) in [5.74, 6) is 0.725. The van der Waals surface area contributed by atoms with Gasteiger partial charge in [0.2, 0.25) is 0 Å². The van der Waals surface area contributed by atoms with Crippen LogP contribution in [-0.4, -0.2) is 39.8 Å². The van der Waals surface area contributed by atoms with E-state index in [0.29, 0.717) is 16.1 Å². The van der Waals surface area contributed by atoms with Gasteiger partial charge in [0.25, 0.3) is 0 Å². The number of hydrogen-bond acceptors (Lipinski definition) is 1. The maximum atomic E-state index is 6.14. The monoisotopic (exact) mass is 349 g/mol. The van der Waals surface area contributed by atoms with Crippen LogP contribution in [0.3, 0.4) is 0 Å². The van der Waals surface area contributed by atoms with E-state index in [0.717, 1.165) is 11.0 Å². The molecule has 21 heavy (non-hydrogen) atoms. The van der Waals surface area contributed by atoms with Crippen molar-refractivity contribution in [1.82, 2.24) is 4.57 Å². The lowest BCUT2D eigenvalue weighted by molar-refractivity contribution is 0.417. The van der Waals surface area contributed by atoms with Gasteiger partial charge in [-0.25, -0.2) is 0 Å². The van der Waals surface area contributed by atoms with E-state index in [1.165, 1.54) is 0 Å². The number of alkyl halides is 1. The molecule has 0 aromatic rings. The Morgan fingerprint density at radius 1 is 0.905 bits per heavy atom. The zero-order valence-electron chi connectivity index (χ0n) is 16.7. The Bertz CT molecular complexity index is 328. The fraction of sp³-hybridized carbons (Fsp3) is 1.00. The van der Waals surface area contributed by atoms with Crippen LogP contribution in [0.4, 0.5) is 0 Å². The van der Waals surface area contributed by atoms with Gasteiger partial charge in [0, 0.05) is 11.9 Å². The van der Waals surface area contributed by atoms with E-state index in [-0.39, 0.29) is 0 Å². The molecule has 0 rings (SSSR count). The van der Waals surface area contributed by atoms with Crippen LogP contribution in [0.25, 0.3) is 0 Å². The Labute approximate surface area is 141 Å². The lowest BCUT2D eigenvalue weighted by atomic mass is 10.2. The van der Waals surface area contributed by atoms with Crippen molar-refractivity contribution in [2.75, 3.05) is 12.9 Å². The van der Waals surface area contributed by atoms with Gasteiger partial charge in [-0.1, -0.05) is 68.1 Å². The molecule has 0 saturated carbocycles. The number of halogens is 1. The molecule has 128 valence electrons. The molecule has 0 aromatic carbocycles. The molecule has 0 aliphatic rings. The van der Waals surface area contributed by atoms with Crippen molar-refractivity contribution in [3.63, 3.8) is 0 Å². The first-order valence-electron chi connectivity index (χ1n) is 8.34. The standard InChI is InChI=1S/C17H40ClNSi2/c1-14(13-18)19(9)20(10,11)15(2)21(12,16(3,4)5)17(6,7)8/h14-15H,13H2,1-12H3. The Kier molecular flexibility index (Phi) is 6.88. The summed E-state index contributed by atoms with van der Waals surface area (Å²) in [6.45, 7) is 27.4. The molecule has 0 saturated heterocycles. The summed E-state index contributed by atoms with van der Waals surface area (Å²) in [4.78, 5) is 0. The van der Waals surface area contributed by atoms with Crippen molar-refractivity contribution >= 4 is 27.9 Å². The first kappa shape index (κ1) is 21.7. The molecular formula is C17H40ClNSi2. The molecule has 0 bridgehead atoms. The average Bonchev–Trinajstić information content (AvgIpc) is 2.31. The topological polar surface area (TPSA) is 3.24 Å². The molecule has 0 heterocycles. The smallest absolute Gasteiger partial charge is 0.122 e. The zero-order chi connectivity index (χ0) is 17.4. The Morgan fingerprint density at radius 2 is 1.24 bits per heavy atom. The third-order valence-corrected chi connectivity index (χ3v) is 23.5. The summed E-state index contributed by atoms with van der Waals surface area (Å²) >= 11 is 6.14. The van der Waals surface area contributed by atoms with Gasteiger partial charge in [0.1, 0.15) is 8.24 Å². The van der Waals surface area contributed by atoms with Crippen molar-refractivity contribution in [2.24, 2.45) is 0 Å². The summed E-state index contributed by atoms with van der Waals surface area (Å²) < 4.78 is 2.63. The summed E-state index contributed by atoms with van der Waals surface area (Å²) in [6, 6.07) is 0.467. The maximum absolute atomic E-state index is 6.14. The largest absolute Gasteiger partial charge is 0.323 e. The first-order valence-corrected chi connectivity index (χ1v) is 14.5. The SMILES string of the molecule is CC(CCl)N(C)[Si](C)(C)C(C)[Si](C)(C(C)(C)C)C(C)(C)C. The summed E-state index contributed by atoms with van der Waals surface area (Å²) in [7, 11) is -0.773. The van der Waals surface area contributed by atoms with E-state index in [9.17, 15) is 0 Å². The number of rotatable bonds is 5. The van der Waals surface area contributed by atoms with Gasteiger partial charge in [0.15, 0.2) is 0 Å². The quantitative estimate of drug-likeness (QED) is 0.412. The van der Waals surface area contributed by atoms with E-state index in [1.54, 1.807) is 0 Å². The first-order chi connectivity index (χ1) is 9.05. The molecule has 0 N–H and O–H groups in total. The van der Waals surface area contributed by atoms with Gasteiger partial charge >= 0.3 is 0 Å². The normalized spacial score (nSPS) is 18.0. The summed E-state index contributed by atoms with van der Waals surface area (Å²) in [5.41, 5.74) is 0. The van der Waals surface area contributed by atoms with Crippen LogP contribution in [0.1, 0.15) is 55.4 Å². The second kappa shape index (κ2) is 6.66. The van der Waals surface area contributed by atoms with Crippen LogP contribution in [0.2, 0.25) is 34.9 Å². The molecule has 0 aliphatic carbocycles. The minimum atomic E-state index is -1.54. The van der Waals surface area contributed by atoms with Gasteiger partial charge in [-0.15, -0.1) is 11.6 Å². The lowest BCUT2D eigenvalue weighted by Crippen LogP contribution is -2.65. The predicted octanol–water partition coefficient (Wildman–Crippen LogP) is 6.36. The number of nitrogens with zero attached hydrogens (tertiary/aromatic N) is 1. The second-order valence-corrected chi connectivity index (χ2v) is 21.7. The van der Waals surface area contributed by atoms with Crippen molar-refractivity contribution in [2.45, 2.75) is 96.3 Å². The summed E-state index contributed by atoms with van der Waals surface area (Å²) in [5, 5.41) is 1.61. The molecule has 2 atom stereocenters. The van der Waals surface area contributed by atoms with Crippen LogP contribution < -0.4 is 0 Å². The molecule has 1 nitrogen and oxygen atoms in total. The van der Waals surface area contributed by atoms with Crippen molar-refractivity contribution < 1.29 is 0 Å². The van der Waals surface area contributed by atoms with Crippen LogP contribution in [-0.2, 0) is 0 Å². The molecule has 0 aromatic heterocycles. The maximum Gasteiger partial charge on any atom is 0.122 e. The lowest BCUT2D eigenvalue weighted by Gasteiger charge is -2.59. The summed E-state index contributed by atoms with van der Waals surface area (Å²) in [6.07, 6.45) is 0. The van der Waals surface area contributed by atoms with E-state index in [2.05, 4.69) is 86.6 Å². The minimum Gasteiger partial charge on any atom is -0.323 e.